The number of rotatable bonds is 12. The van der Waals surface area contributed by atoms with E-state index in [0.29, 0.717) is 6.42 Å². The number of primary amides is 1. The number of esters is 1. The first-order valence-corrected chi connectivity index (χ1v) is 7.67. The van der Waals surface area contributed by atoms with E-state index in [0.717, 1.165) is 19.3 Å². The molecule has 0 aromatic rings. The van der Waals surface area contributed by atoms with Gasteiger partial charge in [0.05, 0.1) is 0 Å². The van der Waals surface area contributed by atoms with Crippen molar-refractivity contribution in [3.63, 3.8) is 0 Å². The summed E-state index contributed by atoms with van der Waals surface area (Å²) in [5.41, 5.74) is 4.74. The molecule has 0 unspecified atom stereocenters. The molecule has 0 bridgehead atoms. The van der Waals surface area contributed by atoms with Gasteiger partial charge >= 0.3 is 12.1 Å². The molecule has 0 aliphatic carbocycles. The van der Waals surface area contributed by atoms with Crippen molar-refractivity contribution in [3.8, 4) is 0 Å². The summed E-state index contributed by atoms with van der Waals surface area (Å²) in [4.78, 5) is 21.3. The van der Waals surface area contributed by atoms with Gasteiger partial charge in [-0.05, 0) is 6.42 Å². The Hall–Kier alpha value is -1.06. The summed E-state index contributed by atoms with van der Waals surface area (Å²) in [7, 11) is 0. The third-order valence-electron chi connectivity index (χ3n) is 3.20. The van der Waals surface area contributed by atoms with Gasteiger partial charge in [0.15, 0.2) is 0 Å². The van der Waals surface area contributed by atoms with E-state index in [9.17, 15) is 9.59 Å². The smallest absolute Gasteiger partial charge is 0.376 e. The van der Waals surface area contributed by atoms with Crippen molar-refractivity contribution in [3.05, 3.63) is 0 Å². The first kappa shape index (κ1) is 17.9. The summed E-state index contributed by atoms with van der Waals surface area (Å²) in [5, 5.41) is 0. The molecular weight excluding hydrogens is 242 g/mol. The lowest BCUT2D eigenvalue weighted by Gasteiger charge is -2.02. The molecule has 0 fully saturated rings. The van der Waals surface area contributed by atoms with E-state index in [1.165, 1.54) is 51.4 Å². The normalized spacial score (nSPS) is 10.4. The van der Waals surface area contributed by atoms with Crippen molar-refractivity contribution < 1.29 is 14.3 Å². The van der Waals surface area contributed by atoms with Crippen LogP contribution in [0.15, 0.2) is 0 Å². The van der Waals surface area contributed by atoms with Crippen LogP contribution in [0.5, 0.6) is 0 Å². The average molecular weight is 271 g/mol. The zero-order chi connectivity index (χ0) is 14.3. The highest BCUT2D eigenvalue weighted by Gasteiger charge is 2.05. The molecule has 19 heavy (non-hydrogen) atoms. The summed E-state index contributed by atoms with van der Waals surface area (Å²) < 4.78 is 4.24. The highest BCUT2D eigenvalue weighted by atomic mass is 16.6. The summed E-state index contributed by atoms with van der Waals surface area (Å²) in [5.74, 6) is -0.511. The zero-order valence-corrected chi connectivity index (χ0v) is 12.3. The highest BCUT2D eigenvalue weighted by Crippen LogP contribution is 2.12. The number of unbranched alkanes of at least 4 members (excludes halogenated alkanes) is 10. The first-order valence-electron chi connectivity index (χ1n) is 7.67. The molecule has 112 valence electrons. The predicted molar refractivity (Wildman–Crippen MR) is 76.8 cm³/mol. The molecule has 0 heterocycles. The third-order valence-corrected chi connectivity index (χ3v) is 3.20. The third kappa shape index (κ3) is 14.9. The summed E-state index contributed by atoms with van der Waals surface area (Å²) in [6.07, 6.45) is 12.8. The van der Waals surface area contributed by atoms with Crippen LogP contribution in [0.1, 0.15) is 84.0 Å². The van der Waals surface area contributed by atoms with Crippen molar-refractivity contribution in [2.24, 2.45) is 5.73 Å². The van der Waals surface area contributed by atoms with E-state index in [1.54, 1.807) is 0 Å². The molecule has 0 saturated carbocycles. The van der Waals surface area contributed by atoms with Gasteiger partial charge in [-0.15, -0.1) is 0 Å². The second-order valence-electron chi connectivity index (χ2n) is 5.08. The molecule has 0 atom stereocenters. The molecule has 0 aromatic carbocycles. The largest absolute Gasteiger partial charge is 0.412 e. The standard InChI is InChI=1S/C15H29NO3/c1-2-3-4-5-6-7-8-9-10-11-12-13-14(17)19-15(16)18/h2-13H2,1H3,(H2,16,18). The molecule has 0 saturated heterocycles. The van der Waals surface area contributed by atoms with Gasteiger partial charge in [-0.25, -0.2) is 4.79 Å². The molecule has 0 spiro atoms. The minimum absolute atomic E-state index is 0.292. The molecule has 0 aliphatic heterocycles. The van der Waals surface area contributed by atoms with E-state index in [1.807, 2.05) is 0 Å². The van der Waals surface area contributed by atoms with Crippen molar-refractivity contribution >= 4 is 12.1 Å². The van der Waals surface area contributed by atoms with Gasteiger partial charge in [0.25, 0.3) is 0 Å². The van der Waals surface area contributed by atoms with Crippen molar-refractivity contribution in [1.29, 1.82) is 0 Å². The Morgan fingerprint density at radius 2 is 1.21 bits per heavy atom. The van der Waals surface area contributed by atoms with Crippen LogP contribution in [-0.2, 0) is 9.53 Å². The summed E-state index contributed by atoms with van der Waals surface area (Å²) in [6, 6.07) is 0. The lowest BCUT2D eigenvalue weighted by atomic mass is 10.1. The zero-order valence-electron chi connectivity index (χ0n) is 12.3. The lowest BCUT2D eigenvalue weighted by molar-refractivity contribution is -0.137. The number of ether oxygens (including phenoxy) is 1. The van der Waals surface area contributed by atoms with E-state index in [-0.39, 0.29) is 0 Å². The van der Waals surface area contributed by atoms with Gasteiger partial charge in [0, 0.05) is 6.42 Å². The fraction of sp³-hybridized carbons (Fsp3) is 0.867. The van der Waals surface area contributed by atoms with Crippen LogP contribution in [0.3, 0.4) is 0 Å². The van der Waals surface area contributed by atoms with Crippen molar-refractivity contribution in [2.75, 3.05) is 0 Å². The molecule has 0 aromatic heterocycles. The fourth-order valence-electron chi connectivity index (χ4n) is 2.10. The maximum atomic E-state index is 11.0. The SMILES string of the molecule is CCCCCCCCCCCCCC(=O)OC(N)=O. The van der Waals surface area contributed by atoms with Crippen molar-refractivity contribution in [1.82, 2.24) is 0 Å². The van der Waals surface area contributed by atoms with Crippen LogP contribution >= 0.6 is 0 Å². The second kappa shape index (κ2) is 13.4. The summed E-state index contributed by atoms with van der Waals surface area (Å²) >= 11 is 0. The number of hydrogen-bond acceptors (Lipinski definition) is 3. The van der Waals surface area contributed by atoms with E-state index < -0.39 is 12.1 Å². The number of carbonyl (C=O) groups is 2. The van der Waals surface area contributed by atoms with E-state index in [4.69, 9.17) is 5.73 Å². The summed E-state index contributed by atoms with van der Waals surface area (Å²) in [6.45, 7) is 2.24. The Balaban J connectivity index is 3.10. The molecular formula is C15H29NO3. The molecule has 0 rings (SSSR count). The van der Waals surface area contributed by atoms with Crippen LogP contribution in [0, 0.1) is 0 Å². The quantitative estimate of drug-likeness (QED) is 0.326. The Labute approximate surface area is 117 Å². The van der Waals surface area contributed by atoms with Gasteiger partial charge in [-0.1, -0.05) is 71.1 Å². The lowest BCUT2D eigenvalue weighted by Crippen LogP contribution is -2.18. The van der Waals surface area contributed by atoms with Gasteiger partial charge < -0.3 is 10.5 Å². The predicted octanol–water partition coefficient (Wildman–Crippen LogP) is 4.31. The Bertz CT molecular complexity index is 242. The molecule has 4 nitrogen and oxygen atoms in total. The first-order chi connectivity index (χ1) is 9.16. The van der Waals surface area contributed by atoms with Gasteiger partial charge in [-0.3, -0.25) is 4.79 Å². The second-order valence-corrected chi connectivity index (χ2v) is 5.08. The van der Waals surface area contributed by atoms with Crippen LogP contribution < -0.4 is 5.73 Å². The van der Waals surface area contributed by atoms with Crippen LogP contribution in [0.2, 0.25) is 0 Å². The van der Waals surface area contributed by atoms with Gasteiger partial charge in [0.1, 0.15) is 0 Å². The number of amides is 1. The Kier molecular flexibility index (Phi) is 12.6. The topological polar surface area (TPSA) is 69.4 Å². The van der Waals surface area contributed by atoms with Crippen LogP contribution in [0.4, 0.5) is 4.79 Å². The Morgan fingerprint density at radius 3 is 1.63 bits per heavy atom. The number of nitrogens with two attached hydrogens (primary N) is 1. The molecule has 0 aliphatic rings. The van der Waals surface area contributed by atoms with Gasteiger partial charge in [-0.2, -0.15) is 0 Å². The number of carbonyl (C=O) groups excluding carboxylic acids is 2. The maximum Gasteiger partial charge on any atom is 0.412 e. The molecule has 1 amide bonds. The minimum Gasteiger partial charge on any atom is -0.376 e. The van der Waals surface area contributed by atoms with Crippen LogP contribution in [0.25, 0.3) is 0 Å². The number of hydrogen-bond donors (Lipinski definition) is 1. The monoisotopic (exact) mass is 271 g/mol. The molecule has 4 heteroatoms. The van der Waals surface area contributed by atoms with Crippen molar-refractivity contribution in [2.45, 2.75) is 84.0 Å². The highest BCUT2D eigenvalue weighted by molar-refractivity contribution is 5.83. The fourth-order valence-corrected chi connectivity index (χ4v) is 2.10. The Morgan fingerprint density at radius 1 is 0.789 bits per heavy atom. The van der Waals surface area contributed by atoms with Crippen LogP contribution in [-0.4, -0.2) is 12.1 Å². The minimum atomic E-state index is -1.01. The maximum absolute atomic E-state index is 11.0. The average Bonchev–Trinajstić information content (AvgIpc) is 2.35. The van der Waals surface area contributed by atoms with E-state index in [2.05, 4.69) is 11.7 Å². The molecule has 0 radical (unpaired) electrons. The van der Waals surface area contributed by atoms with E-state index >= 15 is 0 Å². The molecule has 2 N–H and O–H groups in total. The van der Waals surface area contributed by atoms with Gasteiger partial charge in [0.2, 0.25) is 0 Å².